The third-order valence-electron chi connectivity index (χ3n) is 1.80. The molecule has 1 aliphatic rings. The normalized spacial score (nSPS) is 13.2. The molecule has 0 atom stereocenters. The van der Waals surface area contributed by atoms with Crippen LogP contribution in [0.15, 0.2) is 23.2 Å². The number of hydrogen-bond donors (Lipinski definition) is 1. The molecule has 4 heteroatoms. The van der Waals surface area contributed by atoms with Gasteiger partial charge in [-0.15, -0.1) is 0 Å². The smallest absolute Gasteiger partial charge is 0.335 e. The molecule has 13 heavy (non-hydrogen) atoms. The Bertz CT molecular complexity index is 464. The highest BCUT2D eigenvalue weighted by Crippen LogP contribution is 1.92. The summed E-state index contributed by atoms with van der Waals surface area (Å²) in [5.41, 5.74) is 0.248. The van der Waals surface area contributed by atoms with E-state index < -0.39 is 5.97 Å². The monoisotopic (exact) mass is 177 g/mol. The van der Waals surface area contributed by atoms with Crippen molar-refractivity contribution in [2.24, 2.45) is 4.99 Å². The Balaban J connectivity index is 2.67. The molecule has 0 aromatic heterocycles. The average Bonchev–Trinajstić information content (AvgIpc) is 2.17. The predicted octanol–water partition coefficient (Wildman–Crippen LogP) is -0.270. The van der Waals surface area contributed by atoms with Gasteiger partial charge in [-0.05, 0) is 18.2 Å². The second-order valence-electron chi connectivity index (χ2n) is 2.65. The van der Waals surface area contributed by atoms with Crippen molar-refractivity contribution in [2.75, 3.05) is 6.73 Å². The maximum Gasteiger partial charge on any atom is 0.335 e. The van der Waals surface area contributed by atoms with Gasteiger partial charge in [0.1, 0.15) is 0 Å². The molecule has 1 aromatic carbocycles. The Morgan fingerprint density at radius 2 is 2.38 bits per heavy atom. The highest BCUT2D eigenvalue weighted by Gasteiger charge is 2.03. The molecule has 0 spiro atoms. The van der Waals surface area contributed by atoms with Gasteiger partial charge >= 0.3 is 5.97 Å². The summed E-state index contributed by atoms with van der Waals surface area (Å²) in [6.45, 7) is 0.260. The van der Waals surface area contributed by atoms with E-state index in [0.717, 1.165) is 5.22 Å². The SMILES string of the molecule is O=C(O)c1ccc2c(c1)=NCOC=2. The first-order valence-electron chi connectivity index (χ1n) is 3.77. The molecule has 0 saturated carbocycles. The largest absolute Gasteiger partial charge is 0.478 e. The molecular formula is C9H7NO3. The van der Waals surface area contributed by atoms with Gasteiger partial charge in [0.2, 0.25) is 0 Å². The molecule has 4 nitrogen and oxygen atoms in total. The van der Waals surface area contributed by atoms with E-state index in [-0.39, 0.29) is 12.3 Å². The quantitative estimate of drug-likeness (QED) is 0.642. The summed E-state index contributed by atoms with van der Waals surface area (Å²) in [4.78, 5) is 14.6. The minimum atomic E-state index is -0.940. The van der Waals surface area contributed by atoms with Crippen LogP contribution in [0.25, 0.3) is 6.26 Å². The number of carboxylic acid groups (broad SMARTS) is 1. The van der Waals surface area contributed by atoms with Crippen LogP contribution >= 0.6 is 0 Å². The zero-order valence-electron chi connectivity index (χ0n) is 6.73. The van der Waals surface area contributed by atoms with Crippen molar-refractivity contribution >= 4 is 12.2 Å². The molecule has 1 N–H and O–H groups in total. The Hall–Kier alpha value is -1.84. The molecular weight excluding hydrogens is 170 g/mol. The number of ether oxygens (including phenoxy) is 1. The van der Waals surface area contributed by atoms with Crippen LogP contribution in [0.1, 0.15) is 10.4 Å². The first-order valence-corrected chi connectivity index (χ1v) is 3.77. The average molecular weight is 177 g/mol. The molecule has 1 heterocycles. The minimum Gasteiger partial charge on any atom is -0.478 e. The molecule has 0 amide bonds. The predicted molar refractivity (Wildman–Crippen MR) is 44.6 cm³/mol. The fourth-order valence-corrected chi connectivity index (χ4v) is 1.15. The van der Waals surface area contributed by atoms with Crippen LogP contribution in [0.3, 0.4) is 0 Å². The van der Waals surface area contributed by atoms with Gasteiger partial charge in [-0.1, -0.05) is 0 Å². The van der Waals surface area contributed by atoms with Crippen molar-refractivity contribution in [3.05, 3.63) is 34.3 Å². The summed E-state index contributed by atoms with van der Waals surface area (Å²) in [5.74, 6) is -0.940. The molecule has 0 bridgehead atoms. The van der Waals surface area contributed by atoms with Gasteiger partial charge in [0.15, 0.2) is 6.73 Å². The number of carbonyl (C=O) groups is 1. The summed E-state index contributed by atoms with van der Waals surface area (Å²) in [6.07, 6.45) is 1.58. The summed E-state index contributed by atoms with van der Waals surface area (Å²) in [7, 11) is 0. The second-order valence-corrected chi connectivity index (χ2v) is 2.65. The maximum absolute atomic E-state index is 10.6. The van der Waals surface area contributed by atoms with E-state index in [2.05, 4.69) is 4.99 Å². The van der Waals surface area contributed by atoms with E-state index in [1.807, 2.05) is 0 Å². The molecule has 0 aliphatic carbocycles. The lowest BCUT2D eigenvalue weighted by Gasteiger charge is -2.02. The Morgan fingerprint density at radius 1 is 1.54 bits per heavy atom. The van der Waals surface area contributed by atoms with E-state index in [1.165, 1.54) is 12.1 Å². The Kier molecular flexibility index (Phi) is 1.73. The molecule has 0 unspecified atom stereocenters. The first-order chi connectivity index (χ1) is 6.27. The van der Waals surface area contributed by atoms with Crippen LogP contribution in [0.5, 0.6) is 0 Å². The van der Waals surface area contributed by atoms with Crippen molar-refractivity contribution in [3.63, 3.8) is 0 Å². The van der Waals surface area contributed by atoms with Crippen LogP contribution in [0.2, 0.25) is 0 Å². The van der Waals surface area contributed by atoms with Crippen molar-refractivity contribution in [1.82, 2.24) is 0 Å². The van der Waals surface area contributed by atoms with Gasteiger partial charge in [0.05, 0.1) is 17.2 Å². The Labute approximate surface area is 73.8 Å². The topological polar surface area (TPSA) is 58.9 Å². The summed E-state index contributed by atoms with van der Waals surface area (Å²) >= 11 is 0. The summed E-state index contributed by atoms with van der Waals surface area (Å²) in [6, 6.07) is 4.75. The number of fused-ring (bicyclic) bond motifs is 1. The van der Waals surface area contributed by atoms with Gasteiger partial charge in [-0.25, -0.2) is 9.79 Å². The summed E-state index contributed by atoms with van der Waals surface area (Å²) < 4.78 is 4.96. The van der Waals surface area contributed by atoms with Gasteiger partial charge < -0.3 is 9.84 Å². The molecule has 66 valence electrons. The second kappa shape index (κ2) is 2.90. The van der Waals surface area contributed by atoms with Crippen LogP contribution < -0.4 is 10.6 Å². The molecule has 0 fully saturated rings. The van der Waals surface area contributed by atoms with E-state index in [4.69, 9.17) is 9.84 Å². The van der Waals surface area contributed by atoms with Crippen LogP contribution in [0, 0.1) is 0 Å². The van der Waals surface area contributed by atoms with Gasteiger partial charge in [0, 0.05) is 5.22 Å². The number of hydrogen-bond acceptors (Lipinski definition) is 3. The van der Waals surface area contributed by atoms with Crippen molar-refractivity contribution in [3.8, 4) is 0 Å². The highest BCUT2D eigenvalue weighted by molar-refractivity contribution is 5.87. The number of aromatic carboxylic acids is 1. The highest BCUT2D eigenvalue weighted by atomic mass is 16.5. The third-order valence-corrected chi connectivity index (χ3v) is 1.80. The third kappa shape index (κ3) is 1.38. The molecule has 2 rings (SSSR count). The molecule has 0 radical (unpaired) electrons. The zero-order chi connectivity index (χ0) is 9.26. The van der Waals surface area contributed by atoms with Crippen LogP contribution in [-0.2, 0) is 4.74 Å². The lowest BCUT2D eigenvalue weighted by molar-refractivity contribution is 0.0696. The number of nitrogens with zero attached hydrogens (tertiary/aromatic N) is 1. The van der Waals surface area contributed by atoms with Crippen LogP contribution in [0.4, 0.5) is 0 Å². The molecule has 1 aromatic rings. The Morgan fingerprint density at radius 3 is 3.15 bits per heavy atom. The van der Waals surface area contributed by atoms with Crippen molar-refractivity contribution in [1.29, 1.82) is 0 Å². The first kappa shape index (κ1) is 7.79. The standard InChI is InChI=1S/C9H7NO3/c11-9(12)6-1-2-7-4-13-5-10-8(7)3-6/h1-4H,5H2,(H,11,12). The van der Waals surface area contributed by atoms with E-state index in [9.17, 15) is 4.79 Å². The van der Waals surface area contributed by atoms with Gasteiger partial charge in [-0.3, -0.25) is 0 Å². The molecule has 1 aliphatic heterocycles. The van der Waals surface area contributed by atoms with Crippen molar-refractivity contribution < 1.29 is 14.6 Å². The number of rotatable bonds is 1. The van der Waals surface area contributed by atoms with Gasteiger partial charge in [0.25, 0.3) is 0 Å². The lowest BCUT2D eigenvalue weighted by atomic mass is 10.2. The van der Waals surface area contributed by atoms with Gasteiger partial charge in [-0.2, -0.15) is 0 Å². The van der Waals surface area contributed by atoms with Crippen LogP contribution in [-0.4, -0.2) is 17.8 Å². The number of carboxylic acids is 1. The minimum absolute atomic E-state index is 0.248. The van der Waals surface area contributed by atoms with E-state index >= 15 is 0 Å². The van der Waals surface area contributed by atoms with E-state index in [0.29, 0.717) is 5.36 Å². The number of benzene rings is 1. The van der Waals surface area contributed by atoms with Crippen molar-refractivity contribution in [2.45, 2.75) is 0 Å². The molecule has 0 saturated heterocycles. The fraction of sp³-hybridized carbons (Fsp3) is 0.111. The maximum atomic E-state index is 10.6. The summed E-state index contributed by atoms with van der Waals surface area (Å²) in [5, 5.41) is 10.2. The zero-order valence-corrected chi connectivity index (χ0v) is 6.73. The lowest BCUT2D eigenvalue weighted by Crippen LogP contribution is -2.29. The van der Waals surface area contributed by atoms with E-state index in [1.54, 1.807) is 12.3 Å². The fourth-order valence-electron chi connectivity index (χ4n) is 1.15.